The van der Waals surface area contributed by atoms with Crippen LogP contribution in [-0.4, -0.2) is 31.1 Å². The lowest BCUT2D eigenvalue weighted by molar-refractivity contribution is -0.152. The number of ketones is 1. The predicted octanol–water partition coefficient (Wildman–Crippen LogP) is 9.50. The average Bonchev–Trinajstić information content (AvgIpc) is 3.29. The second-order valence-corrected chi connectivity index (χ2v) is 15.4. The molecule has 4 heteroatoms. The molecule has 4 unspecified atom stereocenters. The van der Waals surface area contributed by atoms with Crippen molar-refractivity contribution in [1.82, 2.24) is 0 Å². The first-order valence-corrected chi connectivity index (χ1v) is 17.6. The maximum absolute atomic E-state index is 12.6. The van der Waals surface area contributed by atoms with Gasteiger partial charge in [-0.15, -0.1) is 0 Å². The molecule has 4 aliphatic rings. The summed E-state index contributed by atoms with van der Waals surface area (Å²) in [6.07, 6.45) is 19.3. The lowest BCUT2D eigenvalue weighted by atomic mass is 9.47. The van der Waals surface area contributed by atoms with Gasteiger partial charge in [-0.1, -0.05) is 72.5 Å². The highest BCUT2D eigenvalue weighted by molar-refractivity contribution is 5.82. The number of hydrogen-bond donors (Lipinski definition) is 0. The van der Waals surface area contributed by atoms with E-state index in [1.807, 2.05) is 0 Å². The molecule has 234 valence electrons. The highest BCUT2D eigenvalue weighted by atomic mass is 16.5. The van der Waals surface area contributed by atoms with Crippen LogP contribution >= 0.6 is 0 Å². The summed E-state index contributed by atoms with van der Waals surface area (Å²) in [5.74, 6) is 5.00. The molecule has 0 amide bonds. The number of esters is 1. The van der Waals surface area contributed by atoms with E-state index < -0.39 is 0 Å². The molecule has 0 heterocycles. The number of carbonyl (C=O) groups is 2. The monoisotopic (exact) mass is 570 g/mol. The van der Waals surface area contributed by atoms with Gasteiger partial charge in [0.2, 0.25) is 0 Å². The normalized spacial score (nSPS) is 35.3. The minimum Gasteiger partial charge on any atom is -0.462 e. The summed E-state index contributed by atoms with van der Waals surface area (Å²) in [7, 11) is 0. The molecule has 0 aromatic carbocycles. The zero-order valence-electron chi connectivity index (χ0n) is 27.5. The fourth-order valence-corrected chi connectivity index (χ4v) is 9.98. The van der Waals surface area contributed by atoms with E-state index in [-0.39, 0.29) is 29.7 Å². The molecule has 0 spiro atoms. The van der Waals surface area contributed by atoms with Gasteiger partial charge in [0.15, 0.2) is 0 Å². The molecular formula is C37H62O4. The van der Waals surface area contributed by atoms with Gasteiger partial charge in [-0.25, -0.2) is 0 Å². The second kappa shape index (κ2) is 14.5. The summed E-state index contributed by atoms with van der Waals surface area (Å²) in [6, 6.07) is 0. The Morgan fingerprint density at radius 3 is 2.49 bits per heavy atom. The number of Topliss-reactive ketones (excluding diaryl/α,β-unsaturated/α-hetero) is 1. The Labute approximate surface area is 252 Å². The lowest BCUT2D eigenvalue weighted by Gasteiger charge is -2.58. The Hall–Kier alpha value is -1.16. The van der Waals surface area contributed by atoms with E-state index in [2.05, 4.69) is 47.6 Å². The van der Waals surface area contributed by atoms with E-state index in [4.69, 9.17) is 9.47 Å². The fourth-order valence-electron chi connectivity index (χ4n) is 9.98. The predicted molar refractivity (Wildman–Crippen MR) is 168 cm³/mol. The van der Waals surface area contributed by atoms with E-state index in [9.17, 15) is 9.59 Å². The maximum Gasteiger partial charge on any atom is 0.306 e. The van der Waals surface area contributed by atoms with Crippen molar-refractivity contribution < 1.29 is 19.1 Å². The SMILES string of the molecule is CCCOCCCC(=O)CCC(=O)O[C@H]1CC[C@@]2(C)C(=CCC3C4CCC([C@H](C)CCCC(C)C)[C@@]4(C)CCC32)C1. The molecule has 0 aromatic heterocycles. The van der Waals surface area contributed by atoms with Crippen LogP contribution in [-0.2, 0) is 19.1 Å². The van der Waals surface area contributed by atoms with Gasteiger partial charge in [-0.05, 0) is 104 Å². The summed E-state index contributed by atoms with van der Waals surface area (Å²) >= 11 is 0. The summed E-state index contributed by atoms with van der Waals surface area (Å²) < 4.78 is 11.4. The molecule has 0 bridgehead atoms. The van der Waals surface area contributed by atoms with E-state index >= 15 is 0 Å². The third-order valence-corrected chi connectivity index (χ3v) is 12.3. The first kappa shape index (κ1) is 32.7. The molecule has 0 N–H and O–H groups in total. The van der Waals surface area contributed by atoms with E-state index in [0.29, 0.717) is 24.9 Å². The number of carbonyl (C=O) groups excluding carboxylic acids is 2. The quantitative estimate of drug-likeness (QED) is 0.112. The van der Waals surface area contributed by atoms with Gasteiger partial charge in [-0.3, -0.25) is 9.59 Å². The molecule has 8 atom stereocenters. The van der Waals surface area contributed by atoms with Gasteiger partial charge in [0.1, 0.15) is 11.9 Å². The van der Waals surface area contributed by atoms with Crippen molar-refractivity contribution >= 4 is 11.8 Å². The first-order chi connectivity index (χ1) is 19.6. The van der Waals surface area contributed by atoms with Crippen molar-refractivity contribution in [3.8, 4) is 0 Å². The van der Waals surface area contributed by atoms with Gasteiger partial charge in [0, 0.05) is 32.5 Å². The van der Waals surface area contributed by atoms with Crippen LogP contribution in [0.15, 0.2) is 11.6 Å². The van der Waals surface area contributed by atoms with Crippen LogP contribution in [0, 0.1) is 46.3 Å². The van der Waals surface area contributed by atoms with Gasteiger partial charge in [0.25, 0.3) is 0 Å². The van der Waals surface area contributed by atoms with Crippen LogP contribution in [0.2, 0.25) is 0 Å². The van der Waals surface area contributed by atoms with Crippen LogP contribution in [0.4, 0.5) is 0 Å². The number of rotatable bonds is 15. The van der Waals surface area contributed by atoms with Gasteiger partial charge in [-0.2, -0.15) is 0 Å². The van der Waals surface area contributed by atoms with Crippen molar-refractivity contribution in [1.29, 1.82) is 0 Å². The summed E-state index contributed by atoms with van der Waals surface area (Å²) in [4.78, 5) is 24.8. The number of fused-ring (bicyclic) bond motifs is 5. The van der Waals surface area contributed by atoms with Crippen LogP contribution in [0.1, 0.15) is 144 Å². The zero-order chi connectivity index (χ0) is 29.6. The first-order valence-electron chi connectivity index (χ1n) is 17.6. The van der Waals surface area contributed by atoms with E-state index in [1.165, 1.54) is 51.4 Å². The second-order valence-electron chi connectivity index (χ2n) is 15.4. The number of ether oxygens (including phenoxy) is 2. The highest BCUT2D eigenvalue weighted by Gasteiger charge is 2.59. The molecule has 4 rings (SSSR count). The molecule has 0 saturated heterocycles. The van der Waals surface area contributed by atoms with Crippen molar-refractivity contribution in [3.05, 3.63) is 11.6 Å². The Bertz CT molecular complexity index is 907. The maximum atomic E-state index is 12.6. The van der Waals surface area contributed by atoms with Crippen LogP contribution in [0.5, 0.6) is 0 Å². The average molecular weight is 571 g/mol. The van der Waals surface area contributed by atoms with Crippen molar-refractivity contribution in [2.45, 2.75) is 150 Å². The molecule has 3 fully saturated rings. The minimum atomic E-state index is -0.198. The molecular weight excluding hydrogens is 508 g/mol. The number of allylic oxidation sites excluding steroid dienone is 1. The molecule has 4 nitrogen and oxygen atoms in total. The highest BCUT2D eigenvalue weighted by Crippen LogP contribution is 2.67. The largest absolute Gasteiger partial charge is 0.462 e. The standard InChI is InChI=1S/C37H62O4/c1-7-23-40-24-9-12-29(38)14-18-35(39)41-30-19-21-36(5)28(25-30)13-15-31-33-17-16-32(27(4)11-8-10-26(2)3)37(33,6)22-20-34(31)36/h13,26-27,30-34H,7-12,14-25H2,1-6H3/t27-,30+,31?,32?,33?,34?,36+,37-/m1/s1. The lowest BCUT2D eigenvalue weighted by Crippen LogP contribution is -2.51. The molecule has 0 aliphatic heterocycles. The minimum absolute atomic E-state index is 0.0210. The van der Waals surface area contributed by atoms with E-state index in [1.54, 1.807) is 5.57 Å². The Morgan fingerprint density at radius 1 is 0.927 bits per heavy atom. The third kappa shape index (κ3) is 7.68. The van der Waals surface area contributed by atoms with Crippen molar-refractivity contribution in [2.24, 2.45) is 46.3 Å². The van der Waals surface area contributed by atoms with Crippen molar-refractivity contribution in [2.75, 3.05) is 13.2 Å². The van der Waals surface area contributed by atoms with Crippen LogP contribution < -0.4 is 0 Å². The summed E-state index contributed by atoms with van der Waals surface area (Å²) in [5, 5.41) is 0. The molecule has 0 aromatic rings. The summed E-state index contributed by atoms with van der Waals surface area (Å²) in [5.41, 5.74) is 2.35. The third-order valence-electron chi connectivity index (χ3n) is 12.3. The molecule has 3 saturated carbocycles. The Balaban J connectivity index is 1.28. The fraction of sp³-hybridized carbons (Fsp3) is 0.892. The molecule has 41 heavy (non-hydrogen) atoms. The summed E-state index contributed by atoms with van der Waals surface area (Å²) in [6.45, 7) is 16.0. The number of hydrogen-bond acceptors (Lipinski definition) is 4. The van der Waals surface area contributed by atoms with Gasteiger partial charge >= 0.3 is 5.97 Å². The van der Waals surface area contributed by atoms with Gasteiger partial charge in [0.05, 0.1) is 6.42 Å². The smallest absolute Gasteiger partial charge is 0.306 e. The zero-order valence-corrected chi connectivity index (χ0v) is 27.5. The van der Waals surface area contributed by atoms with Gasteiger partial charge < -0.3 is 9.47 Å². The van der Waals surface area contributed by atoms with Crippen LogP contribution in [0.3, 0.4) is 0 Å². The topological polar surface area (TPSA) is 52.6 Å². The Kier molecular flexibility index (Phi) is 11.6. The van der Waals surface area contributed by atoms with Crippen molar-refractivity contribution in [3.63, 3.8) is 0 Å². The van der Waals surface area contributed by atoms with Crippen LogP contribution in [0.25, 0.3) is 0 Å². The Morgan fingerprint density at radius 2 is 1.73 bits per heavy atom. The molecule has 0 radical (unpaired) electrons. The molecule has 4 aliphatic carbocycles. The van der Waals surface area contributed by atoms with E-state index in [0.717, 1.165) is 74.2 Å².